The monoisotopic (exact) mass is 294 g/mol. The Bertz CT molecular complexity index is 437. The van der Waals surface area contributed by atoms with Crippen molar-refractivity contribution >= 4 is 11.6 Å². The molecule has 0 aliphatic carbocycles. The van der Waals surface area contributed by atoms with Crippen LogP contribution in [-0.4, -0.2) is 32.3 Å². The number of benzene rings is 1. The molecule has 2 unspecified atom stereocenters. The van der Waals surface area contributed by atoms with Gasteiger partial charge >= 0.3 is 0 Å². The van der Waals surface area contributed by atoms with Crippen LogP contribution in [0.2, 0.25) is 0 Å². The summed E-state index contributed by atoms with van der Waals surface area (Å²) in [6.07, 6.45) is 0.877. The molecular weight excluding hydrogens is 268 g/mol. The minimum Gasteiger partial charge on any atom is -0.382 e. The number of rotatable bonds is 9. The summed E-state index contributed by atoms with van der Waals surface area (Å²) in [5.41, 5.74) is 7.66. The molecule has 0 radical (unpaired) electrons. The maximum Gasteiger partial charge on any atom is 0.241 e. The second kappa shape index (κ2) is 9.50. The predicted octanol–water partition coefficient (Wildman–Crippen LogP) is 2.16. The Labute approximate surface area is 126 Å². The Hall–Kier alpha value is -1.43. The summed E-state index contributed by atoms with van der Waals surface area (Å²) < 4.78 is 10.4. The lowest BCUT2D eigenvalue weighted by Gasteiger charge is -2.18. The highest BCUT2D eigenvalue weighted by Crippen LogP contribution is 2.13. The van der Waals surface area contributed by atoms with Crippen LogP contribution in [0.3, 0.4) is 0 Å². The number of hydrogen-bond donors (Lipinski definition) is 2. The van der Waals surface area contributed by atoms with E-state index in [1.54, 1.807) is 7.11 Å². The highest BCUT2D eigenvalue weighted by atomic mass is 16.5. The number of methoxy groups -OCH3 is 1. The Morgan fingerprint density at radius 1 is 1.38 bits per heavy atom. The SMILES string of the molecule is CCC(C)C(N)C(=O)Nc1cccc(COCCOC)c1. The lowest BCUT2D eigenvalue weighted by Crippen LogP contribution is -2.40. The molecule has 5 nitrogen and oxygen atoms in total. The molecule has 0 saturated heterocycles. The molecule has 1 aromatic rings. The molecule has 0 heterocycles. The van der Waals surface area contributed by atoms with E-state index in [2.05, 4.69) is 5.32 Å². The van der Waals surface area contributed by atoms with Crippen molar-refractivity contribution in [3.05, 3.63) is 29.8 Å². The third-order valence-electron chi connectivity index (χ3n) is 3.45. The van der Waals surface area contributed by atoms with Crippen molar-refractivity contribution in [2.45, 2.75) is 32.9 Å². The van der Waals surface area contributed by atoms with Crippen LogP contribution in [0.4, 0.5) is 5.69 Å². The number of nitrogens with two attached hydrogens (primary N) is 1. The molecule has 0 aromatic heterocycles. The summed E-state index contributed by atoms with van der Waals surface area (Å²) >= 11 is 0. The third kappa shape index (κ3) is 6.25. The third-order valence-corrected chi connectivity index (χ3v) is 3.45. The smallest absolute Gasteiger partial charge is 0.241 e. The fourth-order valence-corrected chi connectivity index (χ4v) is 1.81. The van der Waals surface area contributed by atoms with Crippen molar-refractivity contribution in [1.82, 2.24) is 0 Å². The van der Waals surface area contributed by atoms with Crippen LogP contribution in [0.25, 0.3) is 0 Å². The van der Waals surface area contributed by atoms with E-state index in [1.165, 1.54) is 0 Å². The van der Waals surface area contributed by atoms with Crippen LogP contribution in [-0.2, 0) is 20.9 Å². The van der Waals surface area contributed by atoms with Gasteiger partial charge in [0.05, 0.1) is 25.9 Å². The molecule has 1 aromatic carbocycles. The van der Waals surface area contributed by atoms with Gasteiger partial charge in [0.2, 0.25) is 5.91 Å². The van der Waals surface area contributed by atoms with Gasteiger partial charge in [-0.1, -0.05) is 32.4 Å². The fraction of sp³-hybridized carbons (Fsp3) is 0.562. The van der Waals surface area contributed by atoms with Gasteiger partial charge in [0.25, 0.3) is 0 Å². The first kappa shape index (κ1) is 17.6. The molecule has 0 aliphatic rings. The first-order chi connectivity index (χ1) is 10.1. The van der Waals surface area contributed by atoms with Crippen LogP contribution >= 0.6 is 0 Å². The highest BCUT2D eigenvalue weighted by Gasteiger charge is 2.19. The molecule has 21 heavy (non-hydrogen) atoms. The quantitative estimate of drug-likeness (QED) is 0.685. The second-order valence-electron chi connectivity index (χ2n) is 5.15. The van der Waals surface area contributed by atoms with Crippen molar-refractivity contribution in [1.29, 1.82) is 0 Å². The Morgan fingerprint density at radius 2 is 2.14 bits per heavy atom. The van der Waals surface area contributed by atoms with Crippen LogP contribution in [0.1, 0.15) is 25.8 Å². The maximum atomic E-state index is 12.0. The minimum atomic E-state index is -0.489. The van der Waals surface area contributed by atoms with E-state index in [9.17, 15) is 4.79 Å². The zero-order valence-corrected chi connectivity index (χ0v) is 13.1. The molecule has 0 bridgehead atoms. The number of nitrogens with one attached hydrogen (secondary N) is 1. The van der Waals surface area contributed by atoms with Crippen molar-refractivity contribution < 1.29 is 14.3 Å². The van der Waals surface area contributed by atoms with Gasteiger partial charge in [-0.05, 0) is 23.6 Å². The molecular formula is C16H26N2O3. The molecule has 3 N–H and O–H groups in total. The molecule has 118 valence electrons. The molecule has 0 fully saturated rings. The summed E-state index contributed by atoms with van der Waals surface area (Å²) in [4.78, 5) is 12.0. The first-order valence-electron chi connectivity index (χ1n) is 7.30. The zero-order valence-electron chi connectivity index (χ0n) is 13.1. The van der Waals surface area contributed by atoms with Crippen molar-refractivity contribution in [3.63, 3.8) is 0 Å². The van der Waals surface area contributed by atoms with Gasteiger partial charge in [0.1, 0.15) is 0 Å². The number of ether oxygens (including phenoxy) is 2. The minimum absolute atomic E-state index is 0.151. The van der Waals surface area contributed by atoms with Crippen molar-refractivity contribution in [2.24, 2.45) is 11.7 Å². The maximum absolute atomic E-state index is 12.0. The van der Waals surface area contributed by atoms with Gasteiger partial charge in [0.15, 0.2) is 0 Å². The number of hydrogen-bond acceptors (Lipinski definition) is 4. The molecule has 2 atom stereocenters. The zero-order chi connectivity index (χ0) is 15.7. The van der Waals surface area contributed by atoms with Crippen LogP contribution in [0.5, 0.6) is 0 Å². The van der Waals surface area contributed by atoms with Crippen molar-refractivity contribution in [2.75, 3.05) is 25.6 Å². The van der Waals surface area contributed by atoms with Gasteiger partial charge in [-0.25, -0.2) is 0 Å². The second-order valence-corrected chi connectivity index (χ2v) is 5.15. The van der Waals surface area contributed by atoms with E-state index in [4.69, 9.17) is 15.2 Å². The number of amides is 1. The van der Waals surface area contributed by atoms with E-state index < -0.39 is 6.04 Å². The normalized spacial score (nSPS) is 13.7. The van der Waals surface area contributed by atoms with Gasteiger partial charge in [-0.3, -0.25) is 4.79 Å². The largest absolute Gasteiger partial charge is 0.382 e. The van der Waals surface area contributed by atoms with E-state index >= 15 is 0 Å². The number of carbonyl (C=O) groups is 1. The molecule has 1 amide bonds. The average Bonchev–Trinajstić information content (AvgIpc) is 2.50. The molecule has 0 aliphatic heterocycles. The van der Waals surface area contributed by atoms with Gasteiger partial charge in [-0.2, -0.15) is 0 Å². The topological polar surface area (TPSA) is 73.6 Å². The van der Waals surface area contributed by atoms with Crippen LogP contribution in [0, 0.1) is 5.92 Å². The van der Waals surface area contributed by atoms with E-state index in [0.717, 1.165) is 17.7 Å². The van der Waals surface area contributed by atoms with E-state index in [1.807, 2.05) is 38.1 Å². The number of anilines is 1. The highest BCUT2D eigenvalue weighted by molar-refractivity contribution is 5.94. The summed E-state index contributed by atoms with van der Waals surface area (Å²) in [6, 6.07) is 7.10. The molecule has 1 rings (SSSR count). The Morgan fingerprint density at radius 3 is 2.81 bits per heavy atom. The molecule has 0 saturated carbocycles. The predicted molar refractivity (Wildman–Crippen MR) is 84.0 cm³/mol. The lowest BCUT2D eigenvalue weighted by molar-refractivity contribution is -0.118. The average molecular weight is 294 g/mol. The fourth-order valence-electron chi connectivity index (χ4n) is 1.81. The van der Waals surface area contributed by atoms with E-state index in [-0.39, 0.29) is 11.8 Å². The van der Waals surface area contributed by atoms with E-state index in [0.29, 0.717) is 19.8 Å². The standard InChI is InChI=1S/C16H26N2O3/c1-4-12(2)15(17)16(19)18-14-7-5-6-13(10-14)11-21-9-8-20-3/h5-7,10,12,15H,4,8-9,11,17H2,1-3H3,(H,18,19). The van der Waals surface area contributed by atoms with Gasteiger partial charge in [0, 0.05) is 12.8 Å². The summed E-state index contributed by atoms with van der Waals surface area (Å²) in [6.45, 7) is 5.61. The van der Waals surface area contributed by atoms with Crippen molar-refractivity contribution in [3.8, 4) is 0 Å². The Kier molecular flexibility index (Phi) is 7.97. The van der Waals surface area contributed by atoms with Crippen LogP contribution in [0.15, 0.2) is 24.3 Å². The van der Waals surface area contributed by atoms with Gasteiger partial charge < -0.3 is 20.5 Å². The Balaban J connectivity index is 2.53. The lowest BCUT2D eigenvalue weighted by atomic mass is 9.99. The van der Waals surface area contributed by atoms with Gasteiger partial charge in [-0.15, -0.1) is 0 Å². The number of carbonyl (C=O) groups excluding carboxylic acids is 1. The molecule has 0 spiro atoms. The first-order valence-corrected chi connectivity index (χ1v) is 7.30. The summed E-state index contributed by atoms with van der Waals surface area (Å²) in [5, 5.41) is 2.85. The summed E-state index contributed by atoms with van der Waals surface area (Å²) in [7, 11) is 1.64. The van der Waals surface area contributed by atoms with Crippen LogP contribution < -0.4 is 11.1 Å². The molecule has 5 heteroatoms. The summed E-state index contributed by atoms with van der Waals surface area (Å²) in [5.74, 6) is 0.00682.